The second kappa shape index (κ2) is 55.0. The van der Waals surface area contributed by atoms with Crippen molar-refractivity contribution >= 4 is 61.4 Å². The van der Waals surface area contributed by atoms with Gasteiger partial charge in [0, 0.05) is 143 Å². The zero-order valence-corrected chi connectivity index (χ0v) is 92.7. The first-order valence-electron chi connectivity index (χ1n) is 44.2. The van der Waals surface area contributed by atoms with Crippen molar-refractivity contribution in [2.24, 2.45) is 33.5 Å². The molecule has 12 nitrogen and oxygen atoms in total. The summed E-state index contributed by atoms with van der Waals surface area (Å²) in [5.41, 5.74) is 27.3. The van der Waals surface area contributed by atoms with Gasteiger partial charge in [-0.05, 0) is 147 Å². The summed E-state index contributed by atoms with van der Waals surface area (Å²) in [6.07, 6.45) is 7.97. The molecule has 712 valence electrons. The van der Waals surface area contributed by atoms with E-state index in [0.29, 0.717) is 17.4 Å². The van der Waals surface area contributed by atoms with Crippen LogP contribution in [0.5, 0.6) is 0 Å². The molecule has 0 saturated heterocycles. The zero-order valence-electron chi connectivity index (χ0n) is 83.1. The summed E-state index contributed by atoms with van der Waals surface area (Å²) >= 11 is 0. The van der Waals surface area contributed by atoms with Crippen LogP contribution in [-0.2, 0) is 112 Å². The van der Waals surface area contributed by atoms with Gasteiger partial charge in [-0.15, -0.1) is 141 Å². The van der Waals surface area contributed by atoms with Crippen LogP contribution < -0.4 is 0 Å². The van der Waals surface area contributed by atoms with E-state index in [4.69, 9.17) is 20.1 Å². The van der Waals surface area contributed by atoms with E-state index in [1.807, 2.05) is 150 Å². The minimum absolute atomic E-state index is 0. The van der Waals surface area contributed by atoms with Gasteiger partial charge < -0.3 is 25.4 Å². The summed E-state index contributed by atoms with van der Waals surface area (Å²) in [5.74, 6) is 1.37. The summed E-state index contributed by atoms with van der Waals surface area (Å²) in [5, 5.41) is 40.5. The molecule has 4 aromatic heterocycles. The third kappa shape index (κ3) is 40.1. The predicted octanol–water partition coefficient (Wildman–Crippen LogP) is 30.3. The zero-order chi connectivity index (χ0) is 96.2. The van der Waals surface area contributed by atoms with Crippen LogP contribution in [0.1, 0.15) is 205 Å². The number of benzene rings is 9. The molecule has 13 aromatic rings. The topological polar surface area (TPSA) is 201 Å². The van der Waals surface area contributed by atoms with Gasteiger partial charge in [0.05, 0.1) is 27.9 Å². The molecule has 4 N–H and O–H groups in total. The average molecular weight is 2500 g/mol. The normalized spacial score (nSPS) is 11.5. The van der Waals surface area contributed by atoms with Crippen molar-refractivity contribution in [3.8, 4) is 56.2 Å². The number of fused-ring (bicyclic) bond motifs is 3. The fourth-order valence-electron chi connectivity index (χ4n) is 13.7. The molecular formula is C117H136Ir4N4O8-4. The average Bonchev–Trinajstić information content (AvgIpc) is 0.827. The molecule has 4 heterocycles. The minimum Gasteiger partial charge on any atom is -0.512 e. The maximum atomic E-state index is 11.5. The number of carbonyl (C=O) groups is 4. The third-order valence-corrected chi connectivity index (χ3v) is 20.1. The summed E-state index contributed by atoms with van der Waals surface area (Å²) < 4.78 is 0. The van der Waals surface area contributed by atoms with E-state index in [1.54, 1.807) is 12.1 Å². The SMILES string of the molecule is CC(=O)C(=C(C)O)c1ccccc1.CC(=O)C=C(C)O.CC(C)(C)C(=O)C=C(O)C(C)(C)C.CC(C)(C)C(=O)C=C(O)C(C)(C)C.Cc1[c-]c(-c2cc(CC(C)C)c3ccccc3n2)cc(C)c1.Cc1[c-]c(-c2ccc3c(CC(C)C)cccc3n2)cc(C)c1.Cc1[c-]c(-c2ccc3ccccc3n2)cc(C)c1.Cc1cc(C)cc(-c2cnc(-c3[c-]cccc3)cc2C)c1.[Ir].[Ir].[Ir].[Ir]. The molecule has 0 unspecified atom stereocenters. The Bertz CT molecular complexity index is 6000. The number of aliphatic hydroxyl groups excluding tert-OH is 4. The predicted molar refractivity (Wildman–Crippen MR) is 540 cm³/mol. The molecule has 133 heavy (non-hydrogen) atoms. The van der Waals surface area contributed by atoms with E-state index in [9.17, 15) is 34.5 Å². The number of hydrogen-bond donors (Lipinski definition) is 4. The Hall–Kier alpha value is -10.2. The number of para-hydroxylation sites is 2. The first kappa shape index (κ1) is 119. The molecule has 0 aliphatic carbocycles. The Labute approximate surface area is 848 Å². The van der Waals surface area contributed by atoms with Gasteiger partial charge in [0.2, 0.25) is 0 Å². The Morgan fingerprint density at radius 2 is 0.797 bits per heavy atom. The second-order valence-electron chi connectivity index (χ2n) is 38.3. The molecule has 0 atom stereocenters. The van der Waals surface area contributed by atoms with Crippen LogP contribution in [0, 0.1) is 120 Å². The van der Waals surface area contributed by atoms with Crippen molar-refractivity contribution in [3.63, 3.8) is 0 Å². The van der Waals surface area contributed by atoms with Crippen molar-refractivity contribution in [1.29, 1.82) is 0 Å². The number of rotatable bonds is 14. The smallest absolute Gasteiger partial charge is 0.164 e. The maximum Gasteiger partial charge on any atom is 0.164 e. The summed E-state index contributed by atoms with van der Waals surface area (Å²) in [6, 6.07) is 86.0. The fraction of sp³-hybridized carbons (Fsp3) is 0.316. The van der Waals surface area contributed by atoms with Crippen LogP contribution in [0.15, 0.2) is 260 Å². The first-order valence-corrected chi connectivity index (χ1v) is 44.2. The molecule has 0 spiro atoms. The van der Waals surface area contributed by atoms with Crippen molar-refractivity contribution in [2.75, 3.05) is 0 Å². The summed E-state index contributed by atoms with van der Waals surface area (Å²) in [6.45, 7) is 56.1. The number of hydrogen-bond acceptors (Lipinski definition) is 12. The van der Waals surface area contributed by atoms with E-state index < -0.39 is 10.8 Å². The van der Waals surface area contributed by atoms with Gasteiger partial charge in [0.25, 0.3) is 0 Å². The molecule has 0 saturated carbocycles. The quantitative estimate of drug-likeness (QED) is 0.0457. The molecule has 0 amide bonds. The van der Waals surface area contributed by atoms with Crippen LogP contribution in [0.4, 0.5) is 0 Å². The van der Waals surface area contributed by atoms with Gasteiger partial charge in [0.1, 0.15) is 17.3 Å². The van der Waals surface area contributed by atoms with Gasteiger partial charge >= 0.3 is 0 Å². The van der Waals surface area contributed by atoms with Crippen LogP contribution in [0.2, 0.25) is 0 Å². The van der Waals surface area contributed by atoms with Crippen LogP contribution in [0.3, 0.4) is 0 Å². The molecule has 16 heteroatoms. The van der Waals surface area contributed by atoms with E-state index in [2.05, 4.69) is 259 Å². The number of ketones is 4. The largest absolute Gasteiger partial charge is 0.512 e. The number of aryl methyl sites for hydroxylation is 9. The van der Waals surface area contributed by atoms with Crippen molar-refractivity contribution < 1.29 is 120 Å². The number of pyridine rings is 4. The standard InChI is InChI=1S/2C21H22N.C20H18N.C17H14N.C11H12O2.2C11H20O2.C5H8O2.4Ir/c1-14(2)10-17-6-5-7-21-19(17)8-9-20(22-21)18-12-15(3)11-16(4)13-18;1-14(2)9-17-13-21(18-11-15(3)10-16(4)12-18)22-20-8-6-5-7-19(17)20;1-14-9-15(2)11-18(10-14)19-13-21-20(12-16(19)3)17-7-5-4-6-8-17;1-12-9-13(2)11-15(10-12)17-8-7-14-5-3-4-6-16(14)18-17;1-8(12)11(9(2)13)10-6-4-3-5-7-10;2*1-10(2,3)8(12)7-9(13)11(4,5)6;1-4(6)3-5(2)7;;;;/h5-9,11-12,14H,10H2,1-4H3;5-8,10-11,13-14H,9H2,1-4H3;4-7,9-13H,1-3H3;3-10H,1-2H3;3-7,12H,1-2H3;2*7,12H,1-6H3;3,6H,1-2H3;;;;/q4*-1;;;;;;;;. The number of carbonyl (C=O) groups excluding carboxylic acids is 4. The Kier molecular flexibility index (Phi) is 49.1. The van der Waals surface area contributed by atoms with Gasteiger partial charge in [-0.1, -0.05) is 297 Å². The van der Waals surface area contributed by atoms with Gasteiger partial charge in [-0.3, -0.25) is 34.1 Å². The van der Waals surface area contributed by atoms with E-state index in [-0.39, 0.29) is 137 Å². The summed E-state index contributed by atoms with van der Waals surface area (Å²) in [4.78, 5) is 63.2. The summed E-state index contributed by atoms with van der Waals surface area (Å²) in [7, 11) is 0. The number of aromatic nitrogens is 4. The Morgan fingerprint density at radius 1 is 0.383 bits per heavy atom. The minimum atomic E-state index is -0.417. The molecule has 0 aliphatic heterocycles. The van der Waals surface area contributed by atoms with Crippen LogP contribution in [0.25, 0.3) is 94.4 Å². The second-order valence-corrected chi connectivity index (χ2v) is 38.3. The number of nitrogens with zero attached hydrogens (tertiary/aromatic N) is 4. The van der Waals surface area contributed by atoms with Crippen molar-refractivity contribution in [3.05, 3.63) is 351 Å². The monoisotopic (exact) mass is 2500 g/mol. The van der Waals surface area contributed by atoms with Gasteiger partial charge in [-0.2, -0.15) is 0 Å². The van der Waals surface area contributed by atoms with Crippen LogP contribution >= 0.6 is 0 Å². The van der Waals surface area contributed by atoms with Gasteiger partial charge in [-0.25, -0.2) is 0 Å². The number of Topliss-reactive ketones (excluding diaryl/α,β-unsaturated/α-hetero) is 1. The molecule has 0 bridgehead atoms. The third-order valence-electron chi connectivity index (χ3n) is 20.1. The Balaban J connectivity index is 0.000000522. The molecule has 4 radical (unpaired) electrons. The first-order chi connectivity index (χ1) is 60.3. The number of aliphatic hydroxyl groups is 4. The maximum absolute atomic E-state index is 11.5. The van der Waals surface area contributed by atoms with Crippen molar-refractivity contribution in [1.82, 2.24) is 19.9 Å². The van der Waals surface area contributed by atoms with E-state index in [1.165, 1.54) is 118 Å². The van der Waals surface area contributed by atoms with E-state index in [0.717, 1.165) is 96.7 Å². The number of allylic oxidation sites excluding steroid dienone is 8. The van der Waals surface area contributed by atoms with Gasteiger partial charge in [0.15, 0.2) is 23.1 Å². The molecule has 9 aromatic carbocycles. The molecule has 13 rings (SSSR count). The Morgan fingerprint density at radius 3 is 1.22 bits per heavy atom. The van der Waals surface area contributed by atoms with Crippen molar-refractivity contribution in [2.45, 2.75) is 214 Å². The molecule has 0 fully saturated rings. The molecular weight excluding hydrogens is 2360 g/mol. The van der Waals surface area contributed by atoms with Crippen LogP contribution in [-0.4, -0.2) is 63.5 Å². The van der Waals surface area contributed by atoms with E-state index >= 15 is 0 Å². The molecule has 0 aliphatic rings. The fourth-order valence-corrected chi connectivity index (χ4v) is 13.7.